The van der Waals surface area contributed by atoms with E-state index in [1.807, 2.05) is 0 Å². The van der Waals surface area contributed by atoms with Crippen molar-refractivity contribution < 1.29 is 14.7 Å². The van der Waals surface area contributed by atoms with Gasteiger partial charge >= 0.3 is 0 Å². The van der Waals surface area contributed by atoms with Crippen molar-refractivity contribution in [1.82, 2.24) is 10.2 Å². The Balaban J connectivity index is 1.56. The minimum atomic E-state index is -0.627. The monoisotopic (exact) mass is 224 g/mol. The summed E-state index contributed by atoms with van der Waals surface area (Å²) in [5.74, 6) is 0.322. The summed E-state index contributed by atoms with van der Waals surface area (Å²) in [5.41, 5.74) is -0.627. The second-order valence-electron chi connectivity index (χ2n) is 5.23. The summed E-state index contributed by atoms with van der Waals surface area (Å²) >= 11 is 0. The first-order chi connectivity index (χ1) is 7.58. The number of hydrogen-bond donors (Lipinski definition) is 2. The highest BCUT2D eigenvalue weighted by Gasteiger charge is 2.54. The van der Waals surface area contributed by atoms with Crippen LogP contribution in [0.5, 0.6) is 0 Å². The third-order valence-corrected chi connectivity index (χ3v) is 3.87. The predicted molar refractivity (Wildman–Crippen MR) is 55.4 cm³/mol. The molecule has 88 valence electrons. The second-order valence-corrected chi connectivity index (χ2v) is 5.23. The molecule has 0 aromatic heterocycles. The van der Waals surface area contributed by atoms with E-state index in [-0.39, 0.29) is 17.9 Å². The molecule has 0 radical (unpaired) electrons. The van der Waals surface area contributed by atoms with Gasteiger partial charge in [0.2, 0.25) is 11.8 Å². The number of amides is 2. The van der Waals surface area contributed by atoms with E-state index in [1.165, 1.54) is 0 Å². The molecule has 5 nitrogen and oxygen atoms in total. The van der Waals surface area contributed by atoms with E-state index in [4.69, 9.17) is 0 Å². The lowest BCUT2D eigenvalue weighted by molar-refractivity contribution is -0.161. The van der Waals surface area contributed by atoms with Gasteiger partial charge in [-0.2, -0.15) is 0 Å². The van der Waals surface area contributed by atoms with E-state index in [0.29, 0.717) is 31.8 Å². The summed E-state index contributed by atoms with van der Waals surface area (Å²) in [4.78, 5) is 24.6. The molecule has 2 heterocycles. The van der Waals surface area contributed by atoms with Crippen molar-refractivity contribution in [1.29, 1.82) is 0 Å². The van der Waals surface area contributed by atoms with E-state index in [2.05, 4.69) is 5.32 Å². The molecule has 16 heavy (non-hydrogen) atoms. The molecule has 3 fully saturated rings. The Morgan fingerprint density at radius 2 is 2.06 bits per heavy atom. The van der Waals surface area contributed by atoms with E-state index in [1.54, 1.807) is 4.90 Å². The molecule has 2 N–H and O–H groups in total. The lowest BCUT2D eigenvalue weighted by Gasteiger charge is -2.47. The molecule has 3 aliphatic rings. The van der Waals surface area contributed by atoms with E-state index in [0.717, 1.165) is 12.8 Å². The number of aliphatic hydroxyl groups is 1. The van der Waals surface area contributed by atoms with Gasteiger partial charge in [-0.1, -0.05) is 0 Å². The van der Waals surface area contributed by atoms with Gasteiger partial charge in [0.25, 0.3) is 0 Å². The van der Waals surface area contributed by atoms with Gasteiger partial charge in [0, 0.05) is 6.42 Å². The predicted octanol–water partition coefficient (Wildman–Crippen LogP) is -0.752. The number of carbonyl (C=O) groups is 2. The average molecular weight is 224 g/mol. The Morgan fingerprint density at radius 3 is 2.56 bits per heavy atom. The number of likely N-dealkylation sites (tertiary alicyclic amines) is 1. The van der Waals surface area contributed by atoms with E-state index >= 15 is 0 Å². The fraction of sp³-hybridized carbons (Fsp3) is 0.818. The molecule has 2 amide bonds. The van der Waals surface area contributed by atoms with Crippen molar-refractivity contribution in [2.75, 3.05) is 13.1 Å². The van der Waals surface area contributed by atoms with E-state index < -0.39 is 5.60 Å². The van der Waals surface area contributed by atoms with Crippen LogP contribution in [0, 0.1) is 5.92 Å². The minimum Gasteiger partial charge on any atom is -0.386 e. The van der Waals surface area contributed by atoms with Crippen molar-refractivity contribution in [3.63, 3.8) is 0 Å². The second kappa shape index (κ2) is 3.20. The van der Waals surface area contributed by atoms with Crippen LogP contribution in [0.1, 0.15) is 25.7 Å². The first kappa shape index (κ1) is 10.1. The molecule has 0 spiro atoms. The maximum atomic E-state index is 11.9. The summed E-state index contributed by atoms with van der Waals surface area (Å²) in [6.45, 7) is 0.895. The van der Waals surface area contributed by atoms with Crippen LogP contribution in [0.3, 0.4) is 0 Å². The first-order valence-electron chi connectivity index (χ1n) is 5.89. The summed E-state index contributed by atoms with van der Waals surface area (Å²) in [5, 5.41) is 12.7. The molecule has 3 rings (SSSR count). The van der Waals surface area contributed by atoms with Crippen molar-refractivity contribution in [2.24, 2.45) is 5.92 Å². The number of hydrogen-bond acceptors (Lipinski definition) is 3. The Morgan fingerprint density at radius 1 is 1.38 bits per heavy atom. The van der Waals surface area contributed by atoms with Crippen LogP contribution in [0.25, 0.3) is 0 Å². The Kier molecular flexibility index (Phi) is 2.01. The molecule has 1 saturated carbocycles. The lowest BCUT2D eigenvalue weighted by atomic mass is 9.88. The largest absolute Gasteiger partial charge is 0.386 e. The van der Waals surface area contributed by atoms with Gasteiger partial charge < -0.3 is 15.3 Å². The smallest absolute Gasteiger partial charge is 0.245 e. The van der Waals surface area contributed by atoms with Crippen molar-refractivity contribution in [3.05, 3.63) is 0 Å². The van der Waals surface area contributed by atoms with Crippen LogP contribution in [0.4, 0.5) is 0 Å². The number of carbonyl (C=O) groups excluding carboxylic acids is 2. The Hall–Kier alpha value is -1.10. The molecular formula is C11H16N2O3. The van der Waals surface area contributed by atoms with Crippen LogP contribution < -0.4 is 5.32 Å². The zero-order valence-corrected chi connectivity index (χ0v) is 9.11. The van der Waals surface area contributed by atoms with Crippen LogP contribution in [-0.4, -0.2) is 46.6 Å². The highest BCUT2D eigenvalue weighted by Crippen LogP contribution is 2.44. The molecule has 2 saturated heterocycles. The van der Waals surface area contributed by atoms with Gasteiger partial charge in [-0.05, 0) is 25.2 Å². The molecule has 1 atom stereocenters. The van der Waals surface area contributed by atoms with Gasteiger partial charge in [0.05, 0.1) is 13.1 Å². The molecule has 1 aliphatic carbocycles. The maximum Gasteiger partial charge on any atom is 0.245 e. The number of nitrogens with one attached hydrogen (secondary N) is 1. The van der Waals surface area contributed by atoms with Gasteiger partial charge in [-0.3, -0.25) is 9.59 Å². The summed E-state index contributed by atoms with van der Waals surface area (Å²) in [7, 11) is 0. The lowest BCUT2D eigenvalue weighted by Crippen LogP contribution is -2.66. The van der Waals surface area contributed by atoms with Crippen LogP contribution in [0.2, 0.25) is 0 Å². The minimum absolute atomic E-state index is 0.0313. The van der Waals surface area contributed by atoms with Crippen LogP contribution in [-0.2, 0) is 9.59 Å². The number of nitrogens with zero attached hydrogens (tertiary/aromatic N) is 1. The summed E-state index contributed by atoms with van der Waals surface area (Å²) in [6, 6.07) is -0.351. The summed E-state index contributed by atoms with van der Waals surface area (Å²) in [6.07, 6.45) is 3.20. The molecule has 5 heteroatoms. The molecule has 0 bridgehead atoms. The highest BCUT2D eigenvalue weighted by molar-refractivity contribution is 5.91. The molecule has 0 aromatic rings. The molecule has 0 aromatic carbocycles. The third-order valence-electron chi connectivity index (χ3n) is 3.87. The van der Waals surface area contributed by atoms with Crippen molar-refractivity contribution in [3.8, 4) is 0 Å². The van der Waals surface area contributed by atoms with Gasteiger partial charge in [-0.15, -0.1) is 0 Å². The maximum absolute atomic E-state index is 11.9. The van der Waals surface area contributed by atoms with Gasteiger partial charge in [-0.25, -0.2) is 0 Å². The zero-order chi connectivity index (χ0) is 11.3. The Bertz CT molecular complexity index is 345. The SMILES string of the molecule is O=C1CCC(C(=O)N2CC(O)(C3CC3)C2)N1. The fourth-order valence-corrected chi connectivity index (χ4v) is 2.67. The zero-order valence-electron chi connectivity index (χ0n) is 9.11. The van der Waals surface area contributed by atoms with Crippen molar-refractivity contribution in [2.45, 2.75) is 37.3 Å². The normalized spacial score (nSPS) is 32.2. The standard InChI is InChI=1S/C11H16N2O3/c14-9-4-3-8(12-9)10(15)13-5-11(16,6-13)7-1-2-7/h7-8,16H,1-6H2,(H,12,14). The number of β-amino-alcohol motifs (C(OH)–C–C–N with tert-alkyl or cyclic N) is 1. The average Bonchev–Trinajstić information content (AvgIpc) is 2.96. The van der Waals surface area contributed by atoms with Crippen LogP contribution in [0.15, 0.2) is 0 Å². The quantitative estimate of drug-likeness (QED) is 0.648. The molecule has 1 unspecified atom stereocenters. The molecular weight excluding hydrogens is 208 g/mol. The molecule has 2 aliphatic heterocycles. The fourth-order valence-electron chi connectivity index (χ4n) is 2.67. The Labute approximate surface area is 93.8 Å². The first-order valence-corrected chi connectivity index (χ1v) is 5.89. The highest BCUT2D eigenvalue weighted by atomic mass is 16.3. The van der Waals surface area contributed by atoms with Crippen LogP contribution >= 0.6 is 0 Å². The third kappa shape index (κ3) is 1.50. The van der Waals surface area contributed by atoms with E-state index in [9.17, 15) is 14.7 Å². The number of rotatable bonds is 2. The summed E-state index contributed by atoms with van der Waals surface area (Å²) < 4.78 is 0. The van der Waals surface area contributed by atoms with Gasteiger partial charge in [0.15, 0.2) is 0 Å². The topological polar surface area (TPSA) is 69.6 Å². The van der Waals surface area contributed by atoms with Gasteiger partial charge in [0.1, 0.15) is 11.6 Å². The van der Waals surface area contributed by atoms with Crippen molar-refractivity contribution >= 4 is 11.8 Å².